The van der Waals surface area contributed by atoms with Crippen LogP contribution in [-0.2, 0) is 6.18 Å². The van der Waals surface area contributed by atoms with Gasteiger partial charge in [-0.3, -0.25) is 14.9 Å². The van der Waals surface area contributed by atoms with Gasteiger partial charge >= 0.3 is 11.9 Å². The zero-order valence-corrected chi connectivity index (χ0v) is 12.2. The van der Waals surface area contributed by atoms with Gasteiger partial charge in [0.05, 0.1) is 17.6 Å². The molecular formula is C15H10F3NO5. The lowest BCUT2D eigenvalue weighted by Gasteiger charge is -2.12. The number of nitro benzene ring substituents is 1. The van der Waals surface area contributed by atoms with E-state index in [9.17, 15) is 28.1 Å². The van der Waals surface area contributed by atoms with Gasteiger partial charge in [0.25, 0.3) is 0 Å². The molecule has 6 nitrogen and oxygen atoms in total. The molecular weight excluding hydrogens is 331 g/mol. The second-order valence-corrected chi connectivity index (χ2v) is 4.57. The van der Waals surface area contributed by atoms with Crippen LogP contribution in [0.3, 0.4) is 0 Å². The van der Waals surface area contributed by atoms with Crippen molar-refractivity contribution in [1.82, 2.24) is 0 Å². The van der Waals surface area contributed by atoms with Crippen LogP contribution in [0.25, 0.3) is 0 Å². The zero-order chi connectivity index (χ0) is 17.9. The van der Waals surface area contributed by atoms with Crippen LogP contribution in [0.2, 0.25) is 0 Å². The Morgan fingerprint density at radius 2 is 1.75 bits per heavy atom. The van der Waals surface area contributed by atoms with Crippen LogP contribution >= 0.6 is 0 Å². The third kappa shape index (κ3) is 3.62. The minimum absolute atomic E-state index is 0.0371. The molecule has 0 N–H and O–H groups in total. The van der Waals surface area contributed by atoms with E-state index in [1.807, 2.05) is 0 Å². The summed E-state index contributed by atoms with van der Waals surface area (Å²) in [5.74, 6) is -0.283. The molecule has 0 radical (unpaired) electrons. The lowest BCUT2D eigenvalue weighted by molar-refractivity contribution is -0.385. The lowest BCUT2D eigenvalue weighted by atomic mass is 10.1. The Kier molecular flexibility index (Phi) is 4.72. The summed E-state index contributed by atoms with van der Waals surface area (Å²) in [6.45, 7) is 0. The quantitative estimate of drug-likeness (QED) is 0.462. The maximum atomic E-state index is 12.7. The fourth-order valence-electron chi connectivity index (χ4n) is 1.89. The van der Waals surface area contributed by atoms with Gasteiger partial charge in [-0.2, -0.15) is 13.2 Å². The summed E-state index contributed by atoms with van der Waals surface area (Å²) in [5, 5.41) is 11.0. The topological polar surface area (TPSA) is 78.7 Å². The first-order chi connectivity index (χ1) is 11.3. The second-order valence-electron chi connectivity index (χ2n) is 4.57. The van der Waals surface area contributed by atoms with E-state index in [2.05, 4.69) is 0 Å². The number of ether oxygens (including phenoxy) is 2. The van der Waals surface area contributed by atoms with E-state index < -0.39 is 28.1 Å². The molecule has 0 heterocycles. The summed E-state index contributed by atoms with van der Waals surface area (Å²) >= 11 is 0. The molecule has 2 aromatic rings. The minimum atomic E-state index is -4.72. The maximum absolute atomic E-state index is 12.7. The molecule has 0 aliphatic carbocycles. The van der Waals surface area contributed by atoms with Crippen molar-refractivity contribution in [2.75, 3.05) is 7.11 Å². The molecule has 0 saturated carbocycles. The average Bonchev–Trinajstić information content (AvgIpc) is 2.53. The van der Waals surface area contributed by atoms with Crippen molar-refractivity contribution in [3.63, 3.8) is 0 Å². The van der Waals surface area contributed by atoms with Gasteiger partial charge in [-0.25, -0.2) is 0 Å². The highest BCUT2D eigenvalue weighted by molar-refractivity contribution is 5.76. The minimum Gasteiger partial charge on any atom is -0.493 e. The summed E-state index contributed by atoms with van der Waals surface area (Å²) in [6.07, 6.45) is -4.20. The van der Waals surface area contributed by atoms with Crippen LogP contribution in [0.4, 0.5) is 18.9 Å². The molecule has 2 aromatic carbocycles. The molecule has 0 bridgehead atoms. The van der Waals surface area contributed by atoms with E-state index in [-0.39, 0.29) is 17.1 Å². The van der Waals surface area contributed by atoms with Gasteiger partial charge in [0.15, 0.2) is 11.5 Å². The SMILES string of the molecule is COc1ccc(C=O)cc1Oc1ccc(C(F)(F)F)cc1[N+](=O)[O-]. The molecule has 0 fully saturated rings. The molecule has 0 saturated heterocycles. The van der Waals surface area contributed by atoms with Gasteiger partial charge < -0.3 is 9.47 Å². The fourth-order valence-corrected chi connectivity index (χ4v) is 1.89. The number of halogens is 3. The number of carbonyl (C=O) groups excluding carboxylic acids is 1. The molecule has 0 aliphatic heterocycles. The van der Waals surface area contributed by atoms with Crippen molar-refractivity contribution >= 4 is 12.0 Å². The van der Waals surface area contributed by atoms with E-state index in [0.717, 1.165) is 6.07 Å². The standard InChI is InChI=1S/C15H10F3NO5/c1-23-13-4-2-9(8-20)6-14(13)24-12-5-3-10(15(16,17)18)7-11(12)19(21)22/h2-8H,1H3. The first kappa shape index (κ1) is 17.3. The molecule has 0 aliphatic rings. The van der Waals surface area contributed by atoms with Crippen LogP contribution in [0, 0.1) is 10.1 Å². The van der Waals surface area contributed by atoms with Crippen LogP contribution in [0.1, 0.15) is 15.9 Å². The molecule has 0 aromatic heterocycles. The number of nitrogens with zero attached hydrogens (tertiary/aromatic N) is 1. The molecule has 0 spiro atoms. The number of carbonyl (C=O) groups is 1. The van der Waals surface area contributed by atoms with Crippen LogP contribution in [0.15, 0.2) is 36.4 Å². The van der Waals surface area contributed by atoms with Crippen molar-refractivity contribution in [2.45, 2.75) is 6.18 Å². The third-order valence-corrected chi connectivity index (χ3v) is 3.03. The van der Waals surface area contributed by atoms with E-state index in [0.29, 0.717) is 18.4 Å². The second kappa shape index (κ2) is 6.57. The summed E-state index contributed by atoms with van der Waals surface area (Å²) in [4.78, 5) is 20.9. The lowest BCUT2D eigenvalue weighted by Crippen LogP contribution is -2.06. The predicted octanol–water partition coefficient (Wildman–Crippen LogP) is 4.23. The number of hydrogen-bond donors (Lipinski definition) is 0. The first-order valence-corrected chi connectivity index (χ1v) is 6.43. The van der Waals surface area contributed by atoms with E-state index in [1.54, 1.807) is 0 Å². The maximum Gasteiger partial charge on any atom is 0.416 e. The van der Waals surface area contributed by atoms with E-state index in [1.165, 1.54) is 25.3 Å². The van der Waals surface area contributed by atoms with Gasteiger partial charge in [-0.05, 0) is 30.3 Å². The summed E-state index contributed by atoms with van der Waals surface area (Å²) in [7, 11) is 1.31. The van der Waals surface area contributed by atoms with Gasteiger partial charge in [-0.1, -0.05) is 0 Å². The number of methoxy groups -OCH3 is 1. The first-order valence-electron chi connectivity index (χ1n) is 6.43. The number of aldehydes is 1. The molecule has 24 heavy (non-hydrogen) atoms. The number of rotatable bonds is 5. The highest BCUT2D eigenvalue weighted by atomic mass is 19.4. The fraction of sp³-hybridized carbons (Fsp3) is 0.133. The highest BCUT2D eigenvalue weighted by Crippen LogP contribution is 2.40. The highest BCUT2D eigenvalue weighted by Gasteiger charge is 2.33. The van der Waals surface area contributed by atoms with Gasteiger partial charge in [-0.15, -0.1) is 0 Å². The Hall–Kier alpha value is -3.10. The number of alkyl halides is 3. The molecule has 9 heteroatoms. The van der Waals surface area contributed by atoms with Crippen LogP contribution in [-0.4, -0.2) is 18.3 Å². The Bertz CT molecular complexity index is 789. The van der Waals surface area contributed by atoms with Crippen molar-refractivity contribution < 1.29 is 32.4 Å². The monoisotopic (exact) mass is 341 g/mol. The molecule has 0 atom stereocenters. The van der Waals surface area contributed by atoms with Gasteiger partial charge in [0, 0.05) is 11.6 Å². The normalized spacial score (nSPS) is 11.0. The Balaban J connectivity index is 2.50. The van der Waals surface area contributed by atoms with Gasteiger partial charge in [0.2, 0.25) is 5.75 Å². The number of nitro groups is 1. The van der Waals surface area contributed by atoms with Crippen molar-refractivity contribution in [2.24, 2.45) is 0 Å². The smallest absolute Gasteiger partial charge is 0.416 e. The number of benzene rings is 2. The predicted molar refractivity (Wildman–Crippen MR) is 76.6 cm³/mol. The van der Waals surface area contributed by atoms with Crippen molar-refractivity contribution in [3.8, 4) is 17.2 Å². The summed E-state index contributed by atoms with van der Waals surface area (Å²) < 4.78 is 48.4. The molecule has 2 rings (SSSR count). The van der Waals surface area contributed by atoms with Crippen LogP contribution < -0.4 is 9.47 Å². The Labute approximate surface area is 133 Å². The van der Waals surface area contributed by atoms with Gasteiger partial charge in [0.1, 0.15) is 6.29 Å². The summed E-state index contributed by atoms with van der Waals surface area (Å²) in [5.41, 5.74) is -1.82. The number of hydrogen-bond acceptors (Lipinski definition) is 5. The molecule has 0 amide bonds. The largest absolute Gasteiger partial charge is 0.493 e. The third-order valence-electron chi connectivity index (χ3n) is 3.03. The Morgan fingerprint density at radius 3 is 2.29 bits per heavy atom. The van der Waals surface area contributed by atoms with Crippen molar-refractivity contribution in [1.29, 1.82) is 0 Å². The van der Waals surface area contributed by atoms with E-state index >= 15 is 0 Å². The van der Waals surface area contributed by atoms with Crippen LogP contribution in [0.5, 0.6) is 17.2 Å². The Morgan fingerprint density at radius 1 is 1.08 bits per heavy atom. The zero-order valence-electron chi connectivity index (χ0n) is 12.2. The molecule has 0 unspecified atom stereocenters. The summed E-state index contributed by atoms with van der Waals surface area (Å²) in [6, 6.07) is 5.97. The van der Waals surface area contributed by atoms with Crippen molar-refractivity contribution in [3.05, 3.63) is 57.6 Å². The average molecular weight is 341 g/mol. The molecule has 126 valence electrons. The van der Waals surface area contributed by atoms with E-state index in [4.69, 9.17) is 9.47 Å².